The first-order chi connectivity index (χ1) is 24.2. The van der Waals surface area contributed by atoms with E-state index in [1.165, 1.54) is 26.3 Å². The van der Waals surface area contributed by atoms with Gasteiger partial charge in [-0.05, 0) is 83.1 Å². The van der Waals surface area contributed by atoms with Gasteiger partial charge in [0.25, 0.3) is 11.5 Å². The van der Waals surface area contributed by atoms with E-state index >= 15 is 0 Å². The molecule has 18 heteroatoms. The van der Waals surface area contributed by atoms with E-state index in [0.29, 0.717) is 40.7 Å². The number of aromatic nitrogens is 3. The molecule has 5 atom stereocenters. The molecule has 3 fully saturated rings. The molecule has 4 aromatic rings. The first-order valence-electron chi connectivity index (χ1n) is 16.5. The lowest BCUT2D eigenvalue weighted by molar-refractivity contribution is -0.122. The molecule has 51 heavy (non-hydrogen) atoms. The summed E-state index contributed by atoms with van der Waals surface area (Å²) < 4.78 is 93.4. The van der Waals surface area contributed by atoms with Crippen molar-refractivity contribution in [3.05, 3.63) is 68.4 Å². The third-order valence-corrected chi connectivity index (χ3v) is 13.4. The number of hydrogen-bond donors (Lipinski definition) is 1. The number of hydrogen-bond acceptors (Lipinski definition) is 11. The molecule has 2 aliphatic heterocycles. The largest absolute Gasteiger partial charge is 0.444 e. The number of alkyl halides is 2. The molecular formula is C33H35F3N4O9S2. The number of benzene rings is 1. The Balaban J connectivity index is 1.39. The molecule has 1 aromatic carbocycles. The standard InChI is InChI=1S/C33H35F3N4O9S2/c1-16-25-29(42)40(17(2)27(41)38-51(44,45)33(3)8-9-33)32(43)39(30(25)50-26(16)28-37-10-11-46-28)15-24(48-21-13-19-5-6-20(14-21)47-19)22-12-18(34)4-7-23(22)49-31(35)36/h4,7,10-12,17,19-21,24,31H,5-6,8-9,13-15H2,1-3H3,(H,38,41)/t17-,19-,20+,21+,24-/m0/s1. The highest BCUT2D eigenvalue weighted by Gasteiger charge is 2.51. The fraction of sp³-hybridized carbons (Fsp3) is 0.515. The van der Waals surface area contributed by atoms with Crippen LogP contribution < -0.4 is 20.7 Å². The second-order valence-corrected chi connectivity index (χ2v) is 16.7. The number of oxazole rings is 1. The lowest BCUT2D eigenvalue weighted by atomic mass is 10.0. The van der Waals surface area contributed by atoms with Gasteiger partial charge in [0.2, 0.25) is 15.9 Å². The van der Waals surface area contributed by atoms with E-state index in [0.717, 1.165) is 46.9 Å². The van der Waals surface area contributed by atoms with Gasteiger partial charge in [0.15, 0.2) is 0 Å². The van der Waals surface area contributed by atoms with Crippen molar-refractivity contribution in [1.82, 2.24) is 18.8 Å². The van der Waals surface area contributed by atoms with Crippen molar-refractivity contribution in [2.24, 2.45) is 0 Å². The van der Waals surface area contributed by atoms with Gasteiger partial charge in [-0.3, -0.25) is 18.9 Å². The second-order valence-electron chi connectivity index (χ2n) is 13.5. The second kappa shape index (κ2) is 13.2. The van der Waals surface area contributed by atoms with E-state index in [9.17, 15) is 36.0 Å². The molecule has 13 nitrogen and oxygen atoms in total. The first kappa shape index (κ1) is 35.4. The van der Waals surface area contributed by atoms with Gasteiger partial charge in [0.1, 0.15) is 34.8 Å². The molecule has 1 amide bonds. The minimum atomic E-state index is -4.13. The molecule has 0 unspecified atom stereocenters. The van der Waals surface area contributed by atoms with Crippen molar-refractivity contribution in [2.45, 2.75) is 108 Å². The molecule has 2 bridgehead atoms. The molecule has 0 spiro atoms. The number of carbonyl (C=O) groups excluding carboxylic acids is 1. The number of nitrogens with one attached hydrogen (secondary N) is 1. The Labute approximate surface area is 293 Å². The highest BCUT2D eigenvalue weighted by atomic mass is 32.2. The summed E-state index contributed by atoms with van der Waals surface area (Å²) in [6, 6.07) is 1.38. The van der Waals surface area contributed by atoms with Crippen LogP contribution in [0, 0.1) is 12.7 Å². The summed E-state index contributed by atoms with van der Waals surface area (Å²) in [4.78, 5) is 46.8. The minimum absolute atomic E-state index is 0.00983. The van der Waals surface area contributed by atoms with E-state index in [-0.39, 0.29) is 39.6 Å². The van der Waals surface area contributed by atoms with E-state index in [1.54, 1.807) is 6.92 Å². The smallest absolute Gasteiger partial charge is 0.387 e. The van der Waals surface area contributed by atoms with E-state index < -0.39 is 69.1 Å². The quantitative estimate of drug-likeness (QED) is 0.210. The van der Waals surface area contributed by atoms with E-state index in [4.69, 9.17) is 18.6 Å². The number of sulfonamides is 1. The average Bonchev–Trinajstić information content (AvgIpc) is 3.36. The van der Waals surface area contributed by atoms with Crippen molar-refractivity contribution >= 4 is 37.5 Å². The first-order valence-corrected chi connectivity index (χ1v) is 18.8. The minimum Gasteiger partial charge on any atom is -0.444 e. The SMILES string of the molecule is Cc1c(-c2ncco2)sc2c1c(=O)n([C@@H](C)C(=O)NS(=O)(=O)C1(C)CC1)c(=O)n2C[C@H](O[C@H]1C[C@H]2CC[C@@H](C1)O2)c1cc(F)ccc1OC(F)F. The lowest BCUT2D eigenvalue weighted by Crippen LogP contribution is -2.48. The zero-order valence-electron chi connectivity index (χ0n) is 27.8. The highest BCUT2D eigenvalue weighted by Crippen LogP contribution is 2.43. The zero-order valence-corrected chi connectivity index (χ0v) is 29.4. The van der Waals surface area contributed by atoms with Gasteiger partial charge in [-0.2, -0.15) is 8.78 Å². The van der Waals surface area contributed by atoms with Gasteiger partial charge >= 0.3 is 12.3 Å². The predicted molar refractivity (Wildman–Crippen MR) is 178 cm³/mol. The summed E-state index contributed by atoms with van der Waals surface area (Å²) in [6.45, 7) is 0.612. The molecule has 5 heterocycles. The van der Waals surface area contributed by atoms with Gasteiger partial charge in [-0.25, -0.2) is 27.2 Å². The van der Waals surface area contributed by atoms with Gasteiger partial charge in [-0.15, -0.1) is 11.3 Å². The third kappa shape index (κ3) is 6.62. The molecule has 2 saturated heterocycles. The Morgan fingerprint density at radius 3 is 2.53 bits per heavy atom. The maximum Gasteiger partial charge on any atom is 0.387 e. The van der Waals surface area contributed by atoms with Crippen LogP contribution in [0.4, 0.5) is 13.2 Å². The van der Waals surface area contributed by atoms with Crippen molar-refractivity contribution in [3.8, 4) is 16.5 Å². The van der Waals surface area contributed by atoms with E-state index in [1.807, 2.05) is 4.72 Å². The summed E-state index contributed by atoms with van der Waals surface area (Å²) in [5.74, 6) is -2.10. The number of amides is 1. The highest BCUT2D eigenvalue weighted by molar-refractivity contribution is 7.91. The number of thiophene rings is 1. The Morgan fingerprint density at radius 1 is 1.20 bits per heavy atom. The van der Waals surface area contributed by atoms with Crippen LogP contribution in [0.25, 0.3) is 21.0 Å². The van der Waals surface area contributed by atoms with Crippen LogP contribution in [-0.2, 0) is 30.8 Å². The van der Waals surface area contributed by atoms with Gasteiger partial charge in [0, 0.05) is 5.56 Å². The molecule has 0 radical (unpaired) electrons. The zero-order chi connectivity index (χ0) is 36.4. The maximum atomic E-state index is 14.8. The van der Waals surface area contributed by atoms with Crippen LogP contribution in [-0.4, -0.2) is 58.1 Å². The van der Waals surface area contributed by atoms with Crippen molar-refractivity contribution in [1.29, 1.82) is 0 Å². The van der Waals surface area contributed by atoms with Crippen LogP contribution in [0.1, 0.15) is 75.6 Å². The predicted octanol–water partition coefficient (Wildman–Crippen LogP) is 4.96. The Bertz CT molecular complexity index is 2200. The molecule has 1 saturated carbocycles. The van der Waals surface area contributed by atoms with Crippen LogP contribution in [0.5, 0.6) is 5.75 Å². The van der Waals surface area contributed by atoms with Gasteiger partial charge in [0.05, 0.1) is 46.1 Å². The van der Waals surface area contributed by atoms with E-state index in [2.05, 4.69) is 4.98 Å². The van der Waals surface area contributed by atoms with Crippen molar-refractivity contribution in [3.63, 3.8) is 0 Å². The summed E-state index contributed by atoms with van der Waals surface area (Å²) in [5, 5.41) is 0.00983. The van der Waals surface area contributed by atoms with Gasteiger partial charge < -0.3 is 18.6 Å². The normalized spacial score (nSPS) is 22.3. The van der Waals surface area contributed by atoms with Crippen LogP contribution in [0.2, 0.25) is 0 Å². The Hall–Kier alpha value is -4.00. The van der Waals surface area contributed by atoms with Crippen LogP contribution in [0.3, 0.4) is 0 Å². The van der Waals surface area contributed by atoms with Crippen LogP contribution in [0.15, 0.2) is 44.7 Å². The summed E-state index contributed by atoms with van der Waals surface area (Å²) in [6.07, 6.45) is 4.04. The molecule has 274 valence electrons. The summed E-state index contributed by atoms with van der Waals surface area (Å²) in [5.41, 5.74) is -1.63. The fourth-order valence-electron chi connectivity index (χ4n) is 6.82. The molecule has 7 rings (SSSR count). The monoisotopic (exact) mass is 752 g/mol. The number of nitrogens with zero attached hydrogens (tertiary/aromatic N) is 3. The summed E-state index contributed by atoms with van der Waals surface area (Å²) >= 11 is 0.995. The van der Waals surface area contributed by atoms with Gasteiger partial charge in [-0.1, -0.05) is 0 Å². The number of carbonyl (C=O) groups is 1. The molecule has 3 aliphatic rings. The topological polar surface area (TPSA) is 161 Å². The number of fused-ring (bicyclic) bond motifs is 3. The summed E-state index contributed by atoms with van der Waals surface area (Å²) in [7, 11) is -4.13. The van der Waals surface area contributed by atoms with Crippen LogP contribution >= 0.6 is 11.3 Å². The number of halogens is 3. The Kier molecular flexibility index (Phi) is 9.16. The maximum absolute atomic E-state index is 14.8. The molecular weight excluding hydrogens is 718 g/mol. The third-order valence-electron chi connectivity index (χ3n) is 9.96. The molecule has 3 aromatic heterocycles. The number of ether oxygens (including phenoxy) is 3. The van der Waals surface area contributed by atoms with Crippen molar-refractivity contribution in [2.75, 3.05) is 0 Å². The number of aryl methyl sites for hydroxylation is 1. The Morgan fingerprint density at radius 2 is 1.90 bits per heavy atom. The van der Waals surface area contributed by atoms with Crippen molar-refractivity contribution < 1.29 is 45.0 Å². The lowest BCUT2D eigenvalue weighted by Gasteiger charge is -2.32. The average molecular weight is 753 g/mol. The fourth-order valence-corrected chi connectivity index (χ4v) is 9.38. The molecule has 1 aliphatic carbocycles. The molecule has 1 N–H and O–H groups in total. The number of rotatable bonds is 12.